The van der Waals surface area contributed by atoms with E-state index in [1.54, 1.807) is 10.9 Å². The minimum atomic E-state index is -0.718. The molecule has 0 aliphatic heterocycles. The molecule has 1 heterocycles. The lowest BCUT2D eigenvalue weighted by Crippen LogP contribution is -2.20. The van der Waals surface area contributed by atoms with Crippen molar-refractivity contribution in [3.05, 3.63) is 18.0 Å². The molecular formula is C11H18N2O2. The van der Waals surface area contributed by atoms with Crippen molar-refractivity contribution < 1.29 is 9.90 Å². The van der Waals surface area contributed by atoms with Gasteiger partial charge in [0.1, 0.15) is 0 Å². The fourth-order valence-electron chi connectivity index (χ4n) is 1.69. The van der Waals surface area contributed by atoms with Crippen molar-refractivity contribution >= 4 is 5.97 Å². The molecule has 0 bridgehead atoms. The Kier molecular flexibility index (Phi) is 3.88. The molecule has 1 N–H and O–H groups in total. The van der Waals surface area contributed by atoms with Gasteiger partial charge in [-0.2, -0.15) is 5.10 Å². The molecule has 1 unspecified atom stereocenters. The van der Waals surface area contributed by atoms with Crippen molar-refractivity contribution in [3.63, 3.8) is 0 Å². The van der Waals surface area contributed by atoms with Gasteiger partial charge in [-0.15, -0.1) is 0 Å². The lowest BCUT2D eigenvalue weighted by atomic mass is 9.93. The first-order valence-electron chi connectivity index (χ1n) is 5.20. The number of aryl methyl sites for hydroxylation is 1. The van der Waals surface area contributed by atoms with Crippen LogP contribution in [0.2, 0.25) is 0 Å². The van der Waals surface area contributed by atoms with E-state index in [-0.39, 0.29) is 5.92 Å². The third kappa shape index (κ3) is 3.38. The topological polar surface area (TPSA) is 55.1 Å². The molecule has 0 aliphatic carbocycles. The highest BCUT2D eigenvalue weighted by Crippen LogP contribution is 2.17. The highest BCUT2D eigenvalue weighted by molar-refractivity contribution is 5.70. The number of nitrogens with zero attached hydrogens (tertiary/aromatic N) is 2. The fourth-order valence-corrected chi connectivity index (χ4v) is 1.69. The Morgan fingerprint density at radius 3 is 2.67 bits per heavy atom. The van der Waals surface area contributed by atoms with E-state index in [1.807, 2.05) is 27.0 Å². The van der Waals surface area contributed by atoms with Gasteiger partial charge in [-0.05, 0) is 18.4 Å². The van der Waals surface area contributed by atoms with Crippen molar-refractivity contribution in [1.82, 2.24) is 9.78 Å². The van der Waals surface area contributed by atoms with Crippen LogP contribution in [0.3, 0.4) is 0 Å². The van der Waals surface area contributed by atoms with E-state index < -0.39 is 5.97 Å². The number of carboxylic acids is 1. The first-order chi connectivity index (χ1) is 7.00. The number of hydrogen-bond donors (Lipinski definition) is 1. The van der Waals surface area contributed by atoms with Gasteiger partial charge in [-0.3, -0.25) is 9.48 Å². The van der Waals surface area contributed by atoms with Crippen molar-refractivity contribution in [1.29, 1.82) is 0 Å². The van der Waals surface area contributed by atoms with Crippen LogP contribution in [0.5, 0.6) is 0 Å². The second-order valence-corrected chi connectivity index (χ2v) is 4.31. The summed E-state index contributed by atoms with van der Waals surface area (Å²) >= 11 is 0. The van der Waals surface area contributed by atoms with E-state index in [9.17, 15) is 4.79 Å². The first kappa shape index (κ1) is 11.8. The molecule has 84 valence electrons. The lowest BCUT2D eigenvalue weighted by molar-refractivity contribution is -0.142. The molecule has 15 heavy (non-hydrogen) atoms. The third-order valence-corrected chi connectivity index (χ3v) is 2.48. The van der Waals surface area contributed by atoms with Crippen LogP contribution in [0.25, 0.3) is 0 Å². The van der Waals surface area contributed by atoms with Gasteiger partial charge in [-0.1, -0.05) is 13.8 Å². The van der Waals surface area contributed by atoms with E-state index >= 15 is 0 Å². The molecule has 1 rings (SSSR count). The summed E-state index contributed by atoms with van der Waals surface area (Å²) in [6.07, 6.45) is 2.97. The number of carboxylic acid groups (broad SMARTS) is 1. The average Bonchev–Trinajstić information content (AvgIpc) is 2.50. The van der Waals surface area contributed by atoms with Crippen molar-refractivity contribution in [2.45, 2.75) is 26.7 Å². The second-order valence-electron chi connectivity index (χ2n) is 4.31. The van der Waals surface area contributed by atoms with Crippen LogP contribution in [-0.2, 0) is 18.3 Å². The SMILES string of the molecule is CC(C)CC(Cc1ccnn1C)C(=O)O. The first-order valence-corrected chi connectivity index (χ1v) is 5.20. The van der Waals surface area contributed by atoms with E-state index in [4.69, 9.17) is 5.11 Å². The molecule has 0 amide bonds. The van der Waals surface area contributed by atoms with Crippen molar-refractivity contribution in [2.24, 2.45) is 18.9 Å². The van der Waals surface area contributed by atoms with Crippen LogP contribution in [0.1, 0.15) is 26.0 Å². The monoisotopic (exact) mass is 210 g/mol. The molecule has 0 spiro atoms. The van der Waals surface area contributed by atoms with Crippen molar-refractivity contribution in [3.8, 4) is 0 Å². The minimum absolute atomic E-state index is 0.305. The summed E-state index contributed by atoms with van der Waals surface area (Å²) in [6.45, 7) is 4.08. The van der Waals surface area contributed by atoms with Gasteiger partial charge < -0.3 is 5.11 Å². The molecule has 4 nitrogen and oxygen atoms in total. The molecule has 4 heteroatoms. The number of aromatic nitrogens is 2. The standard InChI is InChI=1S/C11H18N2O2/c1-8(2)6-9(11(14)15)7-10-4-5-12-13(10)3/h4-5,8-9H,6-7H2,1-3H3,(H,14,15). The zero-order valence-electron chi connectivity index (χ0n) is 9.47. The highest BCUT2D eigenvalue weighted by atomic mass is 16.4. The predicted octanol–water partition coefficient (Wildman–Crippen LogP) is 1.71. The molecule has 0 saturated carbocycles. The predicted molar refractivity (Wildman–Crippen MR) is 57.5 cm³/mol. The Hall–Kier alpha value is -1.32. The third-order valence-electron chi connectivity index (χ3n) is 2.48. The summed E-state index contributed by atoms with van der Waals surface area (Å²) in [6, 6.07) is 1.87. The minimum Gasteiger partial charge on any atom is -0.481 e. The van der Waals surface area contributed by atoms with Crippen LogP contribution in [0.4, 0.5) is 0 Å². The summed E-state index contributed by atoms with van der Waals surface area (Å²) in [5, 5.41) is 13.1. The van der Waals surface area contributed by atoms with Gasteiger partial charge >= 0.3 is 5.97 Å². The second kappa shape index (κ2) is 4.96. The number of aliphatic carboxylic acids is 1. The molecule has 0 aliphatic rings. The van der Waals surface area contributed by atoms with Crippen LogP contribution in [0, 0.1) is 11.8 Å². The molecule has 0 radical (unpaired) electrons. The Balaban J connectivity index is 2.67. The number of carbonyl (C=O) groups is 1. The van der Waals surface area contributed by atoms with E-state index in [0.29, 0.717) is 18.8 Å². The summed E-state index contributed by atoms with van der Waals surface area (Å²) in [5.41, 5.74) is 0.975. The van der Waals surface area contributed by atoms with E-state index in [1.165, 1.54) is 0 Å². The molecule has 0 fully saturated rings. The molecular weight excluding hydrogens is 192 g/mol. The van der Waals surface area contributed by atoms with E-state index in [0.717, 1.165) is 5.69 Å². The quantitative estimate of drug-likeness (QED) is 0.805. The van der Waals surface area contributed by atoms with Crippen LogP contribution < -0.4 is 0 Å². The Bertz CT molecular complexity index is 331. The maximum atomic E-state index is 11.0. The zero-order chi connectivity index (χ0) is 11.4. The molecule has 0 saturated heterocycles. The zero-order valence-corrected chi connectivity index (χ0v) is 9.47. The lowest BCUT2D eigenvalue weighted by Gasteiger charge is -2.14. The molecule has 1 aromatic heterocycles. The molecule has 1 atom stereocenters. The molecule has 0 aromatic carbocycles. The average molecular weight is 210 g/mol. The van der Waals surface area contributed by atoms with Gasteiger partial charge in [0, 0.05) is 25.4 Å². The van der Waals surface area contributed by atoms with Crippen LogP contribution >= 0.6 is 0 Å². The Labute approximate surface area is 89.9 Å². The van der Waals surface area contributed by atoms with Gasteiger partial charge in [0.15, 0.2) is 0 Å². The number of hydrogen-bond acceptors (Lipinski definition) is 2. The number of rotatable bonds is 5. The largest absolute Gasteiger partial charge is 0.481 e. The van der Waals surface area contributed by atoms with Gasteiger partial charge in [-0.25, -0.2) is 0 Å². The summed E-state index contributed by atoms with van der Waals surface area (Å²) in [7, 11) is 1.84. The summed E-state index contributed by atoms with van der Waals surface area (Å²) in [4.78, 5) is 11.0. The van der Waals surface area contributed by atoms with Gasteiger partial charge in [0.05, 0.1) is 5.92 Å². The normalized spacial score (nSPS) is 13.1. The highest BCUT2D eigenvalue weighted by Gasteiger charge is 2.20. The van der Waals surface area contributed by atoms with E-state index in [2.05, 4.69) is 5.10 Å². The summed E-state index contributed by atoms with van der Waals surface area (Å²) in [5.74, 6) is -0.621. The molecule has 1 aromatic rings. The van der Waals surface area contributed by atoms with Crippen LogP contribution in [0.15, 0.2) is 12.3 Å². The fraction of sp³-hybridized carbons (Fsp3) is 0.636. The Morgan fingerprint density at radius 1 is 1.60 bits per heavy atom. The smallest absolute Gasteiger partial charge is 0.306 e. The van der Waals surface area contributed by atoms with Crippen molar-refractivity contribution in [2.75, 3.05) is 0 Å². The van der Waals surface area contributed by atoms with Gasteiger partial charge in [0.2, 0.25) is 0 Å². The Morgan fingerprint density at radius 2 is 2.27 bits per heavy atom. The summed E-state index contributed by atoms with van der Waals surface area (Å²) < 4.78 is 1.73. The van der Waals surface area contributed by atoms with Gasteiger partial charge in [0.25, 0.3) is 0 Å². The van der Waals surface area contributed by atoms with Crippen LogP contribution in [-0.4, -0.2) is 20.9 Å². The maximum absolute atomic E-state index is 11.0. The maximum Gasteiger partial charge on any atom is 0.306 e.